The summed E-state index contributed by atoms with van der Waals surface area (Å²) in [6, 6.07) is -0.329. The van der Waals surface area contributed by atoms with Gasteiger partial charge in [-0.25, -0.2) is 18.5 Å². The van der Waals surface area contributed by atoms with Gasteiger partial charge < -0.3 is 45.0 Å². The highest BCUT2D eigenvalue weighted by Gasteiger charge is 2.43. The number of aliphatic hydroxyl groups is 1. The maximum Gasteiger partial charge on any atom is 0.490 e. The van der Waals surface area contributed by atoms with E-state index in [0.29, 0.717) is 12.8 Å². The molecule has 1 amide bonds. The first-order chi connectivity index (χ1) is 19.9. The van der Waals surface area contributed by atoms with Crippen LogP contribution in [0.1, 0.15) is 58.7 Å². The van der Waals surface area contributed by atoms with Crippen molar-refractivity contribution in [3.63, 3.8) is 0 Å². The number of phosphoric acid groups is 3. The van der Waals surface area contributed by atoms with Gasteiger partial charge in [-0.05, 0) is 46.6 Å². The van der Waals surface area contributed by atoms with Crippen LogP contribution < -0.4 is 16.6 Å². The van der Waals surface area contributed by atoms with E-state index in [0.717, 1.165) is 28.0 Å². The molecule has 20 nitrogen and oxygen atoms in total. The smallest absolute Gasteiger partial charge is 0.490 e. The summed E-state index contributed by atoms with van der Waals surface area (Å²) in [6.45, 7) is 6.11. The van der Waals surface area contributed by atoms with Gasteiger partial charge in [0.15, 0.2) is 0 Å². The minimum Gasteiger partial charge on any atom is -0.784 e. The van der Waals surface area contributed by atoms with Crippen LogP contribution in [0.2, 0.25) is 0 Å². The Hall–Kier alpha value is -1.86. The van der Waals surface area contributed by atoms with Crippen molar-refractivity contribution in [1.29, 1.82) is 0 Å². The maximum absolute atomic E-state index is 12.6. The van der Waals surface area contributed by atoms with Gasteiger partial charge in [0.05, 0.1) is 18.3 Å². The summed E-state index contributed by atoms with van der Waals surface area (Å²) in [4.78, 5) is 75.5. The van der Waals surface area contributed by atoms with Crippen molar-refractivity contribution in [3.8, 4) is 0 Å². The number of rotatable bonds is 11. The molecule has 1 aromatic heterocycles. The third-order valence-electron chi connectivity index (χ3n) is 6.68. The van der Waals surface area contributed by atoms with Gasteiger partial charge in [0.1, 0.15) is 12.3 Å². The summed E-state index contributed by atoms with van der Waals surface area (Å²) in [5.41, 5.74) is -3.42. The van der Waals surface area contributed by atoms with Gasteiger partial charge in [-0.15, -0.1) is 0 Å². The Morgan fingerprint density at radius 1 is 1.11 bits per heavy atom. The molecule has 44 heavy (non-hydrogen) atoms. The van der Waals surface area contributed by atoms with E-state index in [2.05, 4.69) is 18.5 Å². The summed E-state index contributed by atoms with van der Waals surface area (Å²) in [7, 11) is -16.9. The normalized spacial score (nSPS) is 27.2. The number of H-pyrrole nitrogens is 1. The van der Waals surface area contributed by atoms with Crippen molar-refractivity contribution in [3.05, 3.63) is 43.9 Å². The molecule has 3 heterocycles. The Kier molecular flexibility index (Phi) is 10.9. The highest BCUT2D eigenvalue weighted by molar-refractivity contribution is 7.66. The fraction of sp³-hybridized carbons (Fsp3) is 0.667. The highest BCUT2D eigenvalue weighted by Crippen LogP contribution is 2.66. The first-order valence-corrected chi connectivity index (χ1v) is 17.4. The Balaban J connectivity index is 1.66. The lowest BCUT2D eigenvalue weighted by molar-refractivity contribution is -0.118. The average molecular weight is 691 g/mol. The van der Waals surface area contributed by atoms with E-state index in [1.54, 1.807) is 27.7 Å². The van der Waals surface area contributed by atoms with Crippen LogP contribution in [0, 0.1) is 5.21 Å². The number of nitrogens with zero attached hydrogens (tertiary/aromatic N) is 2. The van der Waals surface area contributed by atoms with Crippen molar-refractivity contribution in [2.24, 2.45) is 0 Å². The lowest BCUT2D eigenvalue weighted by Gasteiger charge is -2.59. The van der Waals surface area contributed by atoms with Crippen LogP contribution >= 0.6 is 23.5 Å². The quantitative estimate of drug-likeness (QED) is 0.120. The van der Waals surface area contributed by atoms with E-state index in [-0.39, 0.29) is 18.0 Å². The molecular formula is C21H34N4O16P3-. The molecule has 0 saturated carbocycles. The summed E-state index contributed by atoms with van der Waals surface area (Å²) >= 11 is 0. The second-order valence-corrected chi connectivity index (χ2v) is 15.9. The minimum absolute atomic E-state index is 0.149. The molecule has 2 saturated heterocycles. The van der Waals surface area contributed by atoms with Gasteiger partial charge in [-0.1, -0.05) is 0 Å². The number of aliphatic hydroxyl groups excluding tert-OH is 1. The van der Waals surface area contributed by atoms with Gasteiger partial charge in [0.25, 0.3) is 5.56 Å². The molecule has 0 aliphatic carbocycles. The first-order valence-electron chi connectivity index (χ1n) is 12.8. The molecule has 7 N–H and O–H groups in total. The van der Waals surface area contributed by atoms with Crippen LogP contribution in [-0.4, -0.2) is 81.1 Å². The molecular weight excluding hydrogens is 657 g/mol. The van der Waals surface area contributed by atoms with E-state index >= 15 is 0 Å². The number of hydrogen-bond donors (Lipinski definition) is 7. The number of amides is 1. The van der Waals surface area contributed by atoms with Crippen molar-refractivity contribution >= 4 is 35.5 Å². The Labute approximate surface area is 249 Å². The van der Waals surface area contributed by atoms with E-state index in [1.807, 2.05) is 4.98 Å². The van der Waals surface area contributed by atoms with Gasteiger partial charge in [-0.2, -0.15) is 8.62 Å². The van der Waals surface area contributed by atoms with Crippen molar-refractivity contribution in [2.75, 3.05) is 6.61 Å². The number of phosphoric ester groups is 1. The molecule has 0 radical (unpaired) electrons. The van der Waals surface area contributed by atoms with Crippen LogP contribution in [0.4, 0.5) is 0 Å². The molecule has 250 valence electrons. The minimum atomic E-state index is -5.76. The molecule has 2 unspecified atom stereocenters. The predicted molar refractivity (Wildman–Crippen MR) is 149 cm³/mol. The summed E-state index contributed by atoms with van der Waals surface area (Å²) in [5, 5.41) is 26.7. The van der Waals surface area contributed by atoms with Crippen molar-refractivity contribution < 1.29 is 61.1 Å². The van der Waals surface area contributed by atoms with Crippen molar-refractivity contribution in [2.45, 2.75) is 82.5 Å². The number of aromatic nitrogens is 2. The zero-order chi connectivity index (χ0) is 33.5. The highest BCUT2D eigenvalue weighted by atomic mass is 31.3. The van der Waals surface area contributed by atoms with Crippen LogP contribution in [0.25, 0.3) is 6.08 Å². The maximum atomic E-state index is 12.6. The number of nitrogens with one attached hydrogen (secondary N) is 2. The first kappa shape index (κ1) is 36.6. The Bertz CT molecular complexity index is 1520. The number of piperidine rings is 1. The molecule has 2 aliphatic heterocycles. The number of aromatic amines is 1. The van der Waals surface area contributed by atoms with Crippen LogP contribution in [0.5, 0.6) is 0 Å². The third-order valence-corrected chi connectivity index (χ3v) is 10.5. The van der Waals surface area contributed by atoms with Crippen LogP contribution in [-0.2, 0) is 36.4 Å². The molecule has 0 spiro atoms. The van der Waals surface area contributed by atoms with Gasteiger partial charge in [-0.3, -0.25) is 23.7 Å². The topological polar surface area (TPSA) is 300 Å². The fourth-order valence-corrected chi connectivity index (χ4v) is 8.15. The summed E-state index contributed by atoms with van der Waals surface area (Å²) in [6.07, 6.45) is -0.399. The molecule has 0 aromatic carbocycles. The largest absolute Gasteiger partial charge is 0.784 e. The second kappa shape index (κ2) is 13.1. The Morgan fingerprint density at radius 3 is 2.27 bits per heavy atom. The lowest BCUT2D eigenvalue weighted by Crippen LogP contribution is -2.61. The van der Waals surface area contributed by atoms with Gasteiger partial charge in [0, 0.05) is 35.8 Å². The second-order valence-electron chi connectivity index (χ2n) is 11.4. The number of hydrogen-bond acceptors (Lipinski definition) is 13. The summed E-state index contributed by atoms with van der Waals surface area (Å²) in [5.74, 6) is -0.558. The van der Waals surface area contributed by atoms with Crippen LogP contribution in [0.15, 0.2) is 21.9 Å². The monoisotopic (exact) mass is 691 g/mol. The molecule has 1 aromatic rings. The van der Waals surface area contributed by atoms with Crippen LogP contribution in [0.3, 0.4) is 0 Å². The third kappa shape index (κ3) is 9.82. The average Bonchev–Trinajstić information content (AvgIpc) is 3.18. The van der Waals surface area contributed by atoms with Gasteiger partial charge >= 0.3 is 29.2 Å². The predicted octanol–water partition coefficient (Wildman–Crippen LogP) is 0.177. The van der Waals surface area contributed by atoms with E-state index in [4.69, 9.17) is 14.5 Å². The molecule has 2 aliphatic rings. The molecule has 23 heteroatoms. The number of ether oxygens (including phenoxy) is 1. The molecule has 0 bridgehead atoms. The SMILES string of the molecule is CC1(C)CC(NC(=O)/C=C/c2cn([C@H]3C[C@H](O)[C@@H](COP(=O)(O)OP(=O)(O)OP(=O)(O)O)O3)c(=O)[nH]c2=O)CC(C)(C)N1[O-]. The summed E-state index contributed by atoms with van der Waals surface area (Å²) < 4.78 is 52.2. The Morgan fingerprint density at radius 2 is 1.70 bits per heavy atom. The zero-order valence-electron chi connectivity index (χ0n) is 23.8. The van der Waals surface area contributed by atoms with Crippen molar-refractivity contribution in [1.82, 2.24) is 19.9 Å². The molecule has 2 fully saturated rings. The van der Waals surface area contributed by atoms with E-state index in [9.17, 15) is 48.2 Å². The lowest BCUT2D eigenvalue weighted by atomic mass is 9.79. The van der Waals surface area contributed by atoms with E-state index in [1.165, 1.54) is 0 Å². The standard InChI is InChI=1S/C21H34N4O16P3/c1-20(2)8-13(9-21(3,4)25(20)30)22-16(27)6-5-12-10-24(19(29)23-18(12)28)17-7-14(26)15(39-17)11-38-43(34,35)41-44(36,37)40-42(31,32)33/h5-6,10,13-15,17,26H,7-9,11H2,1-4H3,(H,22,27)(H,34,35)(H,36,37)(H,23,28,29)(H2,31,32,33)/q-1/b6-5+/t14-,15+,17+/m0/s1. The van der Waals surface area contributed by atoms with Gasteiger partial charge in [0.2, 0.25) is 5.91 Å². The molecule has 5 atom stereocenters. The molecule has 3 rings (SSSR count). The fourth-order valence-electron chi connectivity index (χ4n) is 5.12. The number of carbonyl (C=O) groups is 1. The number of hydroxylamine groups is 2. The van der Waals surface area contributed by atoms with E-state index < -0.39 is 76.7 Å². The number of carbonyl (C=O) groups excluding carboxylic acids is 1. The zero-order valence-corrected chi connectivity index (χ0v) is 26.5.